The number of aromatic nitrogens is 4. The SMILES string of the molecule is COc1cccc(C(c2ccccc2)(c2ccccc2)c2nc(N)c3ncn([C@]4([Si](C)(C)C(C)(C)C)O[C@H](CO)[C@@H](O)[C@H]4O)c3n2)c1. The van der Waals surface area contributed by atoms with Gasteiger partial charge in [-0.05, 0) is 33.9 Å². The molecule has 0 spiro atoms. The minimum absolute atomic E-state index is 0.153. The van der Waals surface area contributed by atoms with Crippen molar-refractivity contribution in [2.24, 2.45) is 0 Å². The molecule has 1 saturated heterocycles. The maximum absolute atomic E-state index is 11.9. The van der Waals surface area contributed by atoms with E-state index in [0.717, 1.165) is 16.7 Å². The molecule has 0 amide bonds. The van der Waals surface area contributed by atoms with Crippen molar-refractivity contribution in [2.75, 3.05) is 19.5 Å². The number of benzene rings is 3. The Kier molecular flexibility index (Phi) is 8.26. The Hall–Kier alpha value is -4.13. The second-order valence-electron chi connectivity index (χ2n) is 13.8. The van der Waals surface area contributed by atoms with Crippen LogP contribution in [0.3, 0.4) is 0 Å². The van der Waals surface area contributed by atoms with Crippen molar-refractivity contribution < 1.29 is 24.8 Å². The van der Waals surface area contributed by atoms with Gasteiger partial charge in [0.05, 0.1) is 20.0 Å². The van der Waals surface area contributed by atoms with Gasteiger partial charge in [-0.1, -0.05) is 107 Å². The highest BCUT2D eigenvalue weighted by Crippen LogP contribution is 2.53. The van der Waals surface area contributed by atoms with Crippen LogP contribution in [0.5, 0.6) is 5.75 Å². The van der Waals surface area contributed by atoms with Gasteiger partial charge in [0.1, 0.15) is 43.1 Å². The third-order valence-electron chi connectivity index (χ3n) is 10.4. The van der Waals surface area contributed by atoms with Crippen LogP contribution >= 0.6 is 0 Å². The summed E-state index contributed by atoms with van der Waals surface area (Å²) >= 11 is 0. The number of anilines is 1. The van der Waals surface area contributed by atoms with Crippen LogP contribution in [0.2, 0.25) is 18.1 Å². The first-order valence-electron chi connectivity index (χ1n) is 15.8. The Labute approximate surface area is 275 Å². The van der Waals surface area contributed by atoms with Crippen molar-refractivity contribution in [1.29, 1.82) is 0 Å². The van der Waals surface area contributed by atoms with Gasteiger partial charge < -0.3 is 30.5 Å². The normalized spacial score (nSPS) is 22.1. The molecule has 246 valence electrons. The average Bonchev–Trinajstić information content (AvgIpc) is 3.61. The summed E-state index contributed by atoms with van der Waals surface area (Å²) in [5, 5.41) is 31.6. The monoisotopic (exact) mass is 653 g/mol. The molecule has 11 heteroatoms. The summed E-state index contributed by atoms with van der Waals surface area (Å²) in [6, 6.07) is 27.8. The van der Waals surface area contributed by atoms with Gasteiger partial charge in [0.25, 0.3) is 0 Å². The maximum atomic E-state index is 11.9. The number of aliphatic hydroxyl groups excluding tert-OH is 3. The van der Waals surface area contributed by atoms with Crippen molar-refractivity contribution in [3.63, 3.8) is 0 Å². The molecule has 0 unspecified atom stereocenters. The molecule has 1 fully saturated rings. The molecule has 3 heterocycles. The maximum Gasteiger partial charge on any atom is 0.168 e. The summed E-state index contributed by atoms with van der Waals surface area (Å²) in [5.74, 6) is 1.20. The lowest BCUT2D eigenvalue weighted by molar-refractivity contribution is -0.0950. The smallest absolute Gasteiger partial charge is 0.168 e. The van der Waals surface area contributed by atoms with Gasteiger partial charge in [-0.25, -0.2) is 15.0 Å². The molecule has 47 heavy (non-hydrogen) atoms. The van der Waals surface area contributed by atoms with Crippen molar-refractivity contribution in [1.82, 2.24) is 19.5 Å². The predicted octanol–water partition coefficient (Wildman–Crippen LogP) is 4.61. The first kappa shape index (κ1) is 32.8. The van der Waals surface area contributed by atoms with E-state index in [2.05, 4.69) is 38.8 Å². The number of ether oxygens (including phenoxy) is 2. The van der Waals surface area contributed by atoms with Crippen molar-refractivity contribution in [3.8, 4) is 5.75 Å². The topological polar surface area (TPSA) is 149 Å². The van der Waals surface area contributed by atoms with E-state index < -0.39 is 43.8 Å². The van der Waals surface area contributed by atoms with E-state index in [1.165, 1.54) is 0 Å². The second-order valence-corrected chi connectivity index (χ2v) is 19.2. The van der Waals surface area contributed by atoms with Gasteiger partial charge in [0.2, 0.25) is 0 Å². The van der Waals surface area contributed by atoms with Gasteiger partial charge >= 0.3 is 0 Å². The first-order chi connectivity index (χ1) is 22.3. The lowest BCUT2D eigenvalue weighted by Crippen LogP contribution is -2.66. The molecule has 0 bridgehead atoms. The summed E-state index contributed by atoms with van der Waals surface area (Å²) in [7, 11) is -1.20. The zero-order chi connectivity index (χ0) is 33.8. The van der Waals surface area contributed by atoms with Crippen molar-refractivity contribution >= 4 is 25.1 Å². The van der Waals surface area contributed by atoms with Crippen LogP contribution in [0.15, 0.2) is 91.3 Å². The molecule has 5 N–H and O–H groups in total. The van der Waals surface area contributed by atoms with Gasteiger partial charge in [0, 0.05) is 0 Å². The number of rotatable bonds is 8. The van der Waals surface area contributed by atoms with E-state index in [0.29, 0.717) is 22.7 Å². The highest BCUT2D eigenvalue weighted by molar-refractivity contribution is 6.82. The molecule has 1 aliphatic heterocycles. The van der Waals surface area contributed by atoms with Crippen LogP contribution in [0.4, 0.5) is 5.82 Å². The van der Waals surface area contributed by atoms with E-state index in [1.54, 1.807) is 18.0 Å². The van der Waals surface area contributed by atoms with Crippen molar-refractivity contribution in [3.05, 3.63) is 114 Å². The fraction of sp³-hybridized carbons (Fsp3) is 0.361. The summed E-state index contributed by atoms with van der Waals surface area (Å²) in [6.45, 7) is 10.0. The Morgan fingerprint density at radius 2 is 1.51 bits per heavy atom. The third-order valence-corrected chi connectivity index (χ3v) is 16.6. The van der Waals surface area contributed by atoms with Crippen LogP contribution in [0.25, 0.3) is 11.2 Å². The zero-order valence-electron chi connectivity index (χ0n) is 27.6. The van der Waals surface area contributed by atoms with Gasteiger partial charge in [-0.15, -0.1) is 0 Å². The number of nitrogen functional groups attached to an aromatic ring is 1. The third kappa shape index (κ3) is 4.79. The molecule has 0 radical (unpaired) electrons. The average molecular weight is 654 g/mol. The molecule has 3 aromatic carbocycles. The van der Waals surface area contributed by atoms with Gasteiger partial charge in [0.15, 0.2) is 22.6 Å². The molecule has 2 aromatic heterocycles. The van der Waals surface area contributed by atoms with Gasteiger partial charge in [-0.3, -0.25) is 4.57 Å². The molecule has 6 rings (SSSR count). The molecule has 5 aromatic rings. The Morgan fingerprint density at radius 1 is 0.915 bits per heavy atom. The number of imidazole rings is 1. The minimum atomic E-state index is -2.83. The van der Waals surface area contributed by atoms with Crippen LogP contribution in [0.1, 0.15) is 43.3 Å². The standard InChI is InChI=1S/C36H43N5O5Si/c1-34(2,3)47(5,6)36(30(44)29(43)27(21-42)46-36)41-22-38-28-31(37)39-33(40-32(28)41)35(23-14-9-7-10-15-23,24-16-11-8-12-17-24)25-18-13-19-26(20-25)45-4/h7-20,22,27,29-30,42-44H,21H2,1-6H3,(H2,37,39,40)/t27-,29-,30-,36+/m1/s1. The molecule has 0 aliphatic carbocycles. The summed E-state index contributed by atoms with van der Waals surface area (Å²) in [5.41, 5.74) is 9.05. The number of hydrogen-bond donors (Lipinski definition) is 4. The number of aliphatic hydroxyl groups is 3. The molecule has 4 atom stereocenters. The quantitative estimate of drug-likeness (QED) is 0.139. The van der Waals surface area contributed by atoms with Crippen molar-refractivity contribution in [2.45, 2.75) is 68.0 Å². The fourth-order valence-corrected chi connectivity index (χ4v) is 10.2. The summed E-state index contributed by atoms with van der Waals surface area (Å²) in [4.78, 5) is 14.9. The lowest BCUT2D eigenvalue weighted by atomic mass is 9.68. The number of methoxy groups -OCH3 is 1. The Bertz CT molecular complexity index is 1840. The predicted molar refractivity (Wildman–Crippen MR) is 184 cm³/mol. The lowest BCUT2D eigenvalue weighted by Gasteiger charge is -2.51. The highest BCUT2D eigenvalue weighted by Gasteiger charge is 2.67. The summed E-state index contributed by atoms with van der Waals surface area (Å²) < 4.78 is 14.1. The van der Waals surface area contributed by atoms with Crippen LogP contribution in [0, 0.1) is 0 Å². The number of fused-ring (bicyclic) bond motifs is 1. The first-order valence-corrected chi connectivity index (χ1v) is 18.8. The number of nitrogens with two attached hydrogens (primary N) is 1. The van der Waals surface area contributed by atoms with E-state index >= 15 is 0 Å². The van der Waals surface area contributed by atoms with Crippen LogP contribution in [-0.2, 0) is 15.5 Å². The van der Waals surface area contributed by atoms with E-state index in [9.17, 15) is 15.3 Å². The Morgan fingerprint density at radius 3 is 2.04 bits per heavy atom. The summed E-state index contributed by atoms with van der Waals surface area (Å²) in [6.07, 6.45) is -2.17. The van der Waals surface area contributed by atoms with E-state index in [4.69, 9.17) is 25.2 Å². The molecule has 1 aliphatic rings. The number of hydrogen-bond acceptors (Lipinski definition) is 9. The molecule has 10 nitrogen and oxygen atoms in total. The van der Waals surface area contributed by atoms with E-state index in [-0.39, 0.29) is 10.9 Å². The largest absolute Gasteiger partial charge is 0.497 e. The number of nitrogens with zero attached hydrogens (tertiary/aromatic N) is 4. The Balaban J connectivity index is 1.75. The van der Waals surface area contributed by atoms with Crippen LogP contribution in [-0.4, -0.2) is 74.9 Å². The van der Waals surface area contributed by atoms with Gasteiger partial charge in [-0.2, -0.15) is 0 Å². The molecular formula is C36H43N5O5Si. The second kappa shape index (κ2) is 11.8. The molecular weight excluding hydrogens is 611 g/mol. The van der Waals surface area contributed by atoms with Crippen LogP contribution < -0.4 is 10.5 Å². The highest BCUT2D eigenvalue weighted by atomic mass is 28.3. The minimum Gasteiger partial charge on any atom is -0.497 e. The van der Waals surface area contributed by atoms with E-state index in [1.807, 2.05) is 84.9 Å². The molecule has 0 saturated carbocycles. The fourth-order valence-electron chi connectivity index (χ4n) is 6.96. The zero-order valence-corrected chi connectivity index (χ0v) is 28.6.